The van der Waals surface area contributed by atoms with E-state index in [2.05, 4.69) is 9.88 Å². The van der Waals surface area contributed by atoms with Gasteiger partial charge < -0.3 is 9.80 Å². The van der Waals surface area contributed by atoms with E-state index >= 15 is 0 Å². The molecule has 1 fully saturated rings. The molecule has 0 N–H and O–H groups in total. The molecule has 0 atom stereocenters. The molecule has 124 valence electrons. The van der Waals surface area contributed by atoms with Crippen LogP contribution < -0.4 is 4.90 Å². The number of halogens is 2. The van der Waals surface area contributed by atoms with Crippen LogP contribution in [0.5, 0.6) is 0 Å². The SMILES string of the molecule is O=C(c1ccc(Cl)s1)N1CCN(c2nc3c(Cl)cccc3s2)CC1. The van der Waals surface area contributed by atoms with E-state index in [9.17, 15) is 4.79 Å². The molecule has 1 saturated heterocycles. The van der Waals surface area contributed by atoms with Crippen LogP contribution in [0, 0.1) is 0 Å². The zero-order chi connectivity index (χ0) is 16.7. The average Bonchev–Trinajstić information content (AvgIpc) is 3.21. The fourth-order valence-electron chi connectivity index (χ4n) is 2.72. The van der Waals surface area contributed by atoms with Crippen LogP contribution in [0.25, 0.3) is 10.2 Å². The van der Waals surface area contributed by atoms with Crippen molar-refractivity contribution in [2.75, 3.05) is 31.1 Å². The fraction of sp³-hybridized carbons (Fsp3) is 0.250. The number of aromatic nitrogens is 1. The third-order valence-electron chi connectivity index (χ3n) is 3.98. The maximum absolute atomic E-state index is 12.5. The normalized spacial score (nSPS) is 15.2. The number of anilines is 1. The largest absolute Gasteiger partial charge is 0.345 e. The van der Waals surface area contributed by atoms with Crippen molar-refractivity contribution in [3.05, 3.63) is 44.6 Å². The van der Waals surface area contributed by atoms with E-state index in [1.54, 1.807) is 23.5 Å². The first kappa shape index (κ1) is 16.1. The topological polar surface area (TPSA) is 36.4 Å². The van der Waals surface area contributed by atoms with Gasteiger partial charge in [0.1, 0.15) is 5.52 Å². The van der Waals surface area contributed by atoms with E-state index in [0.29, 0.717) is 27.3 Å². The summed E-state index contributed by atoms with van der Waals surface area (Å²) in [6.07, 6.45) is 0. The van der Waals surface area contributed by atoms with Crippen LogP contribution in [0.3, 0.4) is 0 Å². The maximum atomic E-state index is 12.5. The number of nitrogens with zero attached hydrogens (tertiary/aromatic N) is 3. The number of thiazole rings is 1. The summed E-state index contributed by atoms with van der Waals surface area (Å²) in [6.45, 7) is 2.89. The summed E-state index contributed by atoms with van der Waals surface area (Å²) in [5.74, 6) is 0.0545. The predicted octanol–water partition coefficient (Wildman–Crippen LogP) is 4.63. The molecule has 1 aliphatic rings. The van der Waals surface area contributed by atoms with Gasteiger partial charge in [0.2, 0.25) is 0 Å². The monoisotopic (exact) mass is 397 g/mol. The number of rotatable bonds is 2. The highest BCUT2D eigenvalue weighted by molar-refractivity contribution is 7.22. The minimum absolute atomic E-state index is 0.0545. The van der Waals surface area contributed by atoms with E-state index in [1.165, 1.54) is 11.3 Å². The average molecular weight is 398 g/mol. The van der Waals surface area contributed by atoms with Crippen LogP contribution in [0.1, 0.15) is 9.67 Å². The van der Waals surface area contributed by atoms with Crippen molar-refractivity contribution in [3.63, 3.8) is 0 Å². The Kier molecular flexibility index (Phi) is 4.39. The highest BCUT2D eigenvalue weighted by atomic mass is 35.5. The number of fused-ring (bicyclic) bond motifs is 1. The zero-order valence-electron chi connectivity index (χ0n) is 12.5. The molecular weight excluding hydrogens is 385 g/mol. The number of carbonyl (C=O) groups is 1. The summed E-state index contributed by atoms with van der Waals surface area (Å²) < 4.78 is 1.73. The number of para-hydroxylation sites is 1. The summed E-state index contributed by atoms with van der Waals surface area (Å²) >= 11 is 15.1. The van der Waals surface area contributed by atoms with Gasteiger partial charge in [0.15, 0.2) is 5.13 Å². The predicted molar refractivity (Wildman–Crippen MR) is 102 cm³/mol. The summed E-state index contributed by atoms with van der Waals surface area (Å²) in [6, 6.07) is 9.38. The number of thiophene rings is 1. The van der Waals surface area contributed by atoms with Crippen molar-refractivity contribution < 1.29 is 4.79 Å². The Balaban J connectivity index is 1.47. The first-order valence-corrected chi connectivity index (χ1v) is 9.85. The fourth-order valence-corrected chi connectivity index (χ4v) is 5.05. The Labute approximate surface area is 157 Å². The number of hydrogen-bond acceptors (Lipinski definition) is 5. The van der Waals surface area contributed by atoms with Crippen molar-refractivity contribution in [2.45, 2.75) is 0 Å². The first-order valence-electron chi connectivity index (χ1n) is 7.46. The highest BCUT2D eigenvalue weighted by Crippen LogP contribution is 2.33. The number of piperazine rings is 1. The lowest BCUT2D eigenvalue weighted by Gasteiger charge is -2.34. The first-order chi connectivity index (χ1) is 11.6. The second-order valence-electron chi connectivity index (χ2n) is 5.47. The van der Waals surface area contributed by atoms with Crippen LogP contribution >= 0.6 is 45.9 Å². The van der Waals surface area contributed by atoms with Crippen molar-refractivity contribution in [3.8, 4) is 0 Å². The van der Waals surface area contributed by atoms with Crippen molar-refractivity contribution in [2.24, 2.45) is 0 Å². The summed E-state index contributed by atoms with van der Waals surface area (Å²) in [5.41, 5.74) is 0.853. The van der Waals surface area contributed by atoms with Gasteiger partial charge in [0, 0.05) is 26.2 Å². The third kappa shape index (κ3) is 2.99. The minimum atomic E-state index is 0.0545. The van der Waals surface area contributed by atoms with Crippen LogP contribution in [0.2, 0.25) is 9.36 Å². The molecule has 0 aliphatic carbocycles. The molecule has 1 amide bonds. The van der Waals surface area contributed by atoms with Gasteiger partial charge in [-0.1, -0.05) is 40.6 Å². The molecule has 1 aromatic carbocycles. The van der Waals surface area contributed by atoms with E-state index in [0.717, 1.165) is 28.4 Å². The molecule has 8 heteroatoms. The van der Waals surface area contributed by atoms with E-state index in [4.69, 9.17) is 23.2 Å². The maximum Gasteiger partial charge on any atom is 0.264 e. The lowest BCUT2D eigenvalue weighted by atomic mass is 10.3. The molecule has 0 spiro atoms. The van der Waals surface area contributed by atoms with Crippen LogP contribution in [-0.4, -0.2) is 42.0 Å². The van der Waals surface area contributed by atoms with Crippen molar-refractivity contribution >= 4 is 67.1 Å². The smallest absolute Gasteiger partial charge is 0.264 e. The Morgan fingerprint density at radius 3 is 2.50 bits per heavy atom. The van der Waals surface area contributed by atoms with Gasteiger partial charge in [-0.05, 0) is 24.3 Å². The van der Waals surface area contributed by atoms with Crippen molar-refractivity contribution in [1.82, 2.24) is 9.88 Å². The molecule has 0 bridgehead atoms. The Bertz CT molecular complexity index is 900. The van der Waals surface area contributed by atoms with Crippen molar-refractivity contribution in [1.29, 1.82) is 0 Å². The molecule has 4 rings (SSSR count). The second kappa shape index (κ2) is 6.52. The number of amides is 1. The van der Waals surface area contributed by atoms with Crippen LogP contribution in [0.4, 0.5) is 5.13 Å². The molecule has 0 radical (unpaired) electrons. The number of carbonyl (C=O) groups excluding carboxylic acids is 1. The van der Waals surface area contributed by atoms with Gasteiger partial charge >= 0.3 is 0 Å². The lowest BCUT2D eigenvalue weighted by Crippen LogP contribution is -2.48. The Morgan fingerprint density at radius 2 is 1.83 bits per heavy atom. The van der Waals surface area contributed by atoms with Gasteiger partial charge in [-0.2, -0.15) is 0 Å². The van der Waals surface area contributed by atoms with E-state index in [-0.39, 0.29) is 5.91 Å². The summed E-state index contributed by atoms with van der Waals surface area (Å²) in [7, 11) is 0. The highest BCUT2D eigenvalue weighted by Gasteiger charge is 2.25. The molecule has 24 heavy (non-hydrogen) atoms. The summed E-state index contributed by atoms with van der Waals surface area (Å²) in [5, 5.41) is 1.64. The quantitative estimate of drug-likeness (QED) is 0.632. The van der Waals surface area contributed by atoms with Gasteiger partial charge in [0.05, 0.1) is 18.9 Å². The minimum Gasteiger partial charge on any atom is -0.345 e. The summed E-state index contributed by atoms with van der Waals surface area (Å²) in [4.78, 5) is 21.9. The Hall–Kier alpha value is -1.34. The van der Waals surface area contributed by atoms with E-state index < -0.39 is 0 Å². The van der Waals surface area contributed by atoms with Gasteiger partial charge in [-0.25, -0.2) is 4.98 Å². The second-order valence-corrected chi connectivity index (χ2v) is 8.60. The molecule has 3 aromatic rings. The third-order valence-corrected chi connectivity index (χ3v) is 6.59. The number of hydrogen-bond donors (Lipinski definition) is 0. The van der Waals surface area contributed by atoms with Gasteiger partial charge in [0.25, 0.3) is 5.91 Å². The van der Waals surface area contributed by atoms with Crippen LogP contribution in [0.15, 0.2) is 30.3 Å². The van der Waals surface area contributed by atoms with E-state index in [1.807, 2.05) is 23.1 Å². The Morgan fingerprint density at radius 1 is 1.04 bits per heavy atom. The van der Waals surface area contributed by atoms with Gasteiger partial charge in [-0.3, -0.25) is 4.79 Å². The molecule has 0 saturated carbocycles. The van der Waals surface area contributed by atoms with Crippen LogP contribution in [-0.2, 0) is 0 Å². The molecule has 3 heterocycles. The molecule has 0 unspecified atom stereocenters. The molecular formula is C16H13Cl2N3OS2. The molecule has 4 nitrogen and oxygen atoms in total. The standard InChI is InChI=1S/C16H13Cl2N3OS2/c17-10-2-1-3-11-14(10)19-16(24-11)21-8-6-20(7-9-21)15(22)12-4-5-13(18)23-12/h1-5H,6-9H2. The molecule has 2 aromatic heterocycles. The lowest BCUT2D eigenvalue weighted by molar-refractivity contribution is 0.0751. The zero-order valence-corrected chi connectivity index (χ0v) is 15.7. The molecule has 1 aliphatic heterocycles. The van der Waals surface area contributed by atoms with Gasteiger partial charge in [-0.15, -0.1) is 11.3 Å². The number of benzene rings is 1.